The zero-order valence-electron chi connectivity index (χ0n) is 11.7. The highest BCUT2D eigenvalue weighted by atomic mass is 16.4. The Morgan fingerprint density at radius 2 is 2.10 bits per heavy atom. The Balaban J connectivity index is 2.06. The molecular formula is C15H15N3O3. The van der Waals surface area contributed by atoms with Gasteiger partial charge in [0, 0.05) is 25.0 Å². The molecular weight excluding hydrogens is 270 g/mol. The first-order valence-electron chi connectivity index (χ1n) is 6.28. The number of rotatable bonds is 4. The monoisotopic (exact) mass is 285 g/mol. The first kappa shape index (κ1) is 14.5. The van der Waals surface area contributed by atoms with E-state index in [0.29, 0.717) is 11.3 Å². The maximum absolute atomic E-state index is 11.8. The molecule has 0 aliphatic heterocycles. The molecule has 2 aromatic rings. The van der Waals surface area contributed by atoms with Gasteiger partial charge in [0.15, 0.2) is 0 Å². The van der Waals surface area contributed by atoms with E-state index in [2.05, 4.69) is 10.4 Å². The average Bonchev–Trinajstić information content (AvgIpc) is 2.81. The predicted octanol–water partition coefficient (Wildman–Crippen LogP) is 2.08. The molecule has 0 radical (unpaired) electrons. The predicted molar refractivity (Wildman–Crippen MR) is 79.0 cm³/mol. The molecule has 0 fully saturated rings. The van der Waals surface area contributed by atoms with Crippen molar-refractivity contribution in [1.29, 1.82) is 0 Å². The van der Waals surface area contributed by atoms with Crippen LogP contribution in [0.4, 0.5) is 5.69 Å². The third-order valence-electron chi connectivity index (χ3n) is 2.99. The molecule has 1 amide bonds. The lowest BCUT2D eigenvalue weighted by atomic mass is 10.1. The van der Waals surface area contributed by atoms with Gasteiger partial charge in [-0.25, -0.2) is 4.79 Å². The molecule has 2 N–H and O–H groups in total. The zero-order valence-corrected chi connectivity index (χ0v) is 11.7. The second kappa shape index (κ2) is 6.04. The van der Waals surface area contributed by atoms with Crippen molar-refractivity contribution < 1.29 is 14.7 Å². The highest BCUT2D eigenvalue weighted by Gasteiger charge is 2.07. The summed E-state index contributed by atoms with van der Waals surface area (Å²) in [4.78, 5) is 22.7. The van der Waals surface area contributed by atoms with E-state index in [9.17, 15) is 9.59 Å². The molecule has 108 valence electrons. The Labute approximate surface area is 121 Å². The third-order valence-corrected chi connectivity index (χ3v) is 2.99. The number of amides is 1. The normalized spacial score (nSPS) is 10.8. The molecule has 0 saturated carbocycles. The summed E-state index contributed by atoms with van der Waals surface area (Å²) in [6.45, 7) is 1.69. The van der Waals surface area contributed by atoms with Crippen LogP contribution >= 0.6 is 0 Å². The second-order valence-corrected chi connectivity index (χ2v) is 4.54. The number of aryl methyl sites for hydroxylation is 2. The van der Waals surface area contributed by atoms with Gasteiger partial charge in [0.1, 0.15) is 0 Å². The van der Waals surface area contributed by atoms with Crippen molar-refractivity contribution in [2.75, 3.05) is 5.32 Å². The van der Waals surface area contributed by atoms with Crippen LogP contribution in [-0.4, -0.2) is 26.8 Å². The summed E-state index contributed by atoms with van der Waals surface area (Å²) in [7, 11) is 1.78. The molecule has 0 aliphatic rings. The van der Waals surface area contributed by atoms with Crippen LogP contribution in [0.2, 0.25) is 0 Å². The maximum Gasteiger partial charge on any atom is 0.335 e. The number of carboxylic acid groups (broad SMARTS) is 1. The molecule has 0 atom stereocenters. The molecule has 0 bridgehead atoms. The number of benzene rings is 1. The molecule has 1 aromatic carbocycles. The summed E-state index contributed by atoms with van der Waals surface area (Å²) in [5, 5.41) is 15.6. The van der Waals surface area contributed by atoms with Gasteiger partial charge >= 0.3 is 5.97 Å². The number of carbonyl (C=O) groups excluding carboxylic acids is 1. The minimum Gasteiger partial charge on any atom is -0.478 e. The SMILES string of the molecule is Cc1cc(NC(=O)C=Cc2ccnn2C)ccc1C(=O)O. The van der Waals surface area contributed by atoms with Gasteiger partial charge in [0.25, 0.3) is 0 Å². The van der Waals surface area contributed by atoms with Gasteiger partial charge < -0.3 is 10.4 Å². The first-order chi connectivity index (χ1) is 9.97. The van der Waals surface area contributed by atoms with Crippen molar-refractivity contribution in [3.8, 4) is 0 Å². The summed E-state index contributed by atoms with van der Waals surface area (Å²) in [6.07, 6.45) is 4.70. The maximum atomic E-state index is 11.8. The fourth-order valence-electron chi connectivity index (χ4n) is 1.87. The zero-order chi connectivity index (χ0) is 15.4. The number of aromatic carboxylic acids is 1. The van der Waals surface area contributed by atoms with Crippen molar-refractivity contribution in [3.05, 3.63) is 53.4 Å². The van der Waals surface area contributed by atoms with Crippen LogP contribution in [0.25, 0.3) is 6.08 Å². The molecule has 1 heterocycles. The second-order valence-electron chi connectivity index (χ2n) is 4.54. The number of hydrogen-bond donors (Lipinski definition) is 2. The molecule has 1 aromatic heterocycles. The van der Waals surface area contributed by atoms with Gasteiger partial charge in [0.05, 0.1) is 11.3 Å². The lowest BCUT2D eigenvalue weighted by Gasteiger charge is -2.05. The summed E-state index contributed by atoms with van der Waals surface area (Å²) < 4.78 is 1.65. The van der Waals surface area contributed by atoms with Gasteiger partial charge in [-0.1, -0.05) is 0 Å². The van der Waals surface area contributed by atoms with E-state index in [1.807, 2.05) is 0 Å². The van der Waals surface area contributed by atoms with Gasteiger partial charge in [0.2, 0.25) is 5.91 Å². The highest BCUT2D eigenvalue weighted by Crippen LogP contribution is 2.15. The topological polar surface area (TPSA) is 84.2 Å². The fraction of sp³-hybridized carbons (Fsp3) is 0.133. The molecule has 0 spiro atoms. The summed E-state index contributed by atoms with van der Waals surface area (Å²) >= 11 is 0. The molecule has 0 unspecified atom stereocenters. The van der Waals surface area contributed by atoms with Gasteiger partial charge in [-0.3, -0.25) is 9.48 Å². The van der Waals surface area contributed by atoms with Crippen molar-refractivity contribution in [2.45, 2.75) is 6.92 Å². The van der Waals surface area contributed by atoms with Crippen molar-refractivity contribution >= 4 is 23.6 Å². The minimum atomic E-state index is -0.985. The third kappa shape index (κ3) is 3.56. The standard InChI is InChI=1S/C15H15N3O3/c1-10-9-11(3-5-13(10)15(20)21)17-14(19)6-4-12-7-8-16-18(12)2/h3-9H,1-2H3,(H,17,19)(H,20,21). The first-order valence-corrected chi connectivity index (χ1v) is 6.28. The summed E-state index contributed by atoms with van der Waals surface area (Å²) in [5.74, 6) is -1.28. The van der Waals surface area contributed by atoms with Crippen molar-refractivity contribution in [1.82, 2.24) is 9.78 Å². The van der Waals surface area contributed by atoms with E-state index in [1.54, 1.807) is 49.1 Å². The van der Waals surface area contributed by atoms with E-state index in [-0.39, 0.29) is 11.5 Å². The largest absolute Gasteiger partial charge is 0.478 e. The molecule has 6 nitrogen and oxygen atoms in total. The van der Waals surface area contributed by atoms with Crippen LogP contribution in [-0.2, 0) is 11.8 Å². The summed E-state index contributed by atoms with van der Waals surface area (Å²) in [5.41, 5.74) is 2.18. The number of nitrogens with zero attached hydrogens (tertiary/aromatic N) is 2. The number of aromatic nitrogens is 2. The number of hydrogen-bond acceptors (Lipinski definition) is 3. The Kier molecular flexibility index (Phi) is 4.18. The summed E-state index contributed by atoms with van der Waals surface area (Å²) in [6, 6.07) is 6.44. The Hall–Kier alpha value is -2.89. The van der Waals surface area contributed by atoms with Crippen LogP contribution in [0.3, 0.4) is 0 Å². The number of nitrogens with one attached hydrogen (secondary N) is 1. The molecule has 6 heteroatoms. The smallest absolute Gasteiger partial charge is 0.335 e. The Morgan fingerprint density at radius 1 is 1.33 bits per heavy atom. The van der Waals surface area contributed by atoms with Gasteiger partial charge in [-0.2, -0.15) is 5.10 Å². The lowest BCUT2D eigenvalue weighted by molar-refractivity contribution is -0.111. The molecule has 0 aliphatic carbocycles. The molecule has 2 rings (SSSR count). The van der Waals surface area contributed by atoms with Crippen LogP contribution in [0.5, 0.6) is 0 Å². The fourth-order valence-corrected chi connectivity index (χ4v) is 1.87. The van der Waals surface area contributed by atoms with Crippen LogP contribution in [0.15, 0.2) is 36.5 Å². The van der Waals surface area contributed by atoms with Crippen molar-refractivity contribution in [2.24, 2.45) is 7.05 Å². The van der Waals surface area contributed by atoms with Crippen LogP contribution < -0.4 is 5.32 Å². The molecule has 21 heavy (non-hydrogen) atoms. The van der Waals surface area contributed by atoms with Crippen LogP contribution in [0.1, 0.15) is 21.6 Å². The lowest BCUT2D eigenvalue weighted by Crippen LogP contribution is -2.09. The number of anilines is 1. The highest BCUT2D eigenvalue weighted by molar-refractivity contribution is 6.02. The number of carbonyl (C=O) groups is 2. The van der Waals surface area contributed by atoms with Crippen LogP contribution in [0, 0.1) is 6.92 Å². The number of carboxylic acids is 1. The van der Waals surface area contributed by atoms with Gasteiger partial charge in [-0.05, 0) is 42.8 Å². The molecule has 0 saturated heterocycles. The Morgan fingerprint density at radius 3 is 2.67 bits per heavy atom. The van der Waals surface area contributed by atoms with E-state index in [4.69, 9.17) is 5.11 Å². The Bertz CT molecular complexity index is 717. The van der Waals surface area contributed by atoms with E-state index in [0.717, 1.165) is 5.69 Å². The van der Waals surface area contributed by atoms with Crippen molar-refractivity contribution in [3.63, 3.8) is 0 Å². The van der Waals surface area contributed by atoms with Gasteiger partial charge in [-0.15, -0.1) is 0 Å². The van der Waals surface area contributed by atoms with E-state index < -0.39 is 5.97 Å². The quantitative estimate of drug-likeness (QED) is 0.842. The minimum absolute atomic E-state index is 0.221. The average molecular weight is 285 g/mol. The van der Waals surface area contributed by atoms with E-state index in [1.165, 1.54) is 12.1 Å². The van der Waals surface area contributed by atoms with E-state index >= 15 is 0 Å².